The van der Waals surface area contributed by atoms with E-state index in [0.717, 1.165) is 12.1 Å². The van der Waals surface area contributed by atoms with Crippen molar-refractivity contribution in [2.45, 2.75) is 25.8 Å². The summed E-state index contributed by atoms with van der Waals surface area (Å²) in [5, 5.41) is 0. The molecule has 0 unspecified atom stereocenters. The third kappa shape index (κ3) is 2.84. The van der Waals surface area contributed by atoms with Crippen LogP contribution in [0.1, 0.15) is 18.9 Å². The Hall–Kier alpha value is -2.62. The molecule has 118 valence electrons. The van der Waals surface area contributed by atoms with Crippen LogP contribution in [0.4, 0.5) is 11.4 Å². The summed E-state index contributed by atoms with van der Waals surface area (Å²) in [6, 6.07) is 16.8. The van der Waals surface area contributed by atoms with Crippen molar-refractivity contribution in [3.05, 3.63) is 60.2 Å². The van der Waals surface area contributed by atoms with E-state index in [1.165, 1.54) is 10.5 Å². The van der Waals surface area contributed by atoms with E-state index in [-0.39, 0.29) is 18.2 Å². The van der Waals surface area contributed by atoms with Crippen LogP contribution >= 0.6 is 0 Å². The van der Waals surface area contributed by atoms with Gasteiger partial charge in [-0.05, 0) is 36.2 Å². The zero-order chi connectivity index (χ0) is 16.4. The second-order valence-corrected chi connectivity index (χ2v) is 5.75. The summed E-state index contributed by atoms with van der Waals surface area (Å²) in [4.78, 5) is 28.3. The lowest BCUT2D eigenvalue weighted by Crippen LogP contribution is -2.40. The fourth-order valence-electron chi connectivity index (χ4n) is 2.91. The number of carbonyl (C=O) groups is 2. The van der Waals surface area contributed by atoms with E-state index in [1.54, 1.807) is 0 Å². The molecule has 1 heterocycles. The third-order valence-electron chi connectivity index (χ3n) is 4.36. The average Bonchev–Trinajstić information content (AvgIpc) is 2.89. The zero-order valence-corrected chi connectivity index (χ0v) is 13.4. The van der Waals surface area contributed by atoms with Crippen LogP contribution in [-0.4, -0.2) is 24.9 Å². The highest BCUT2D eigenvalue weighted by molar-refractivity contribution is 6.23. The molecule has 0 bridgehead atoms. The number of nitrogens with zero attached hydrogens (tertiary/aromatic N) is 2. The summed E-state index contributed by atoms with van der Waals surface area (Å²) in [5.74, 6) is -0.308. The number of anilines is 2. The highest BCUT2D eigenvalue weighted by Gasteiger charge is 2.41. The first-order valence-electron chi connectivity index (χ1n) is 7.85. The number of hydrogen-bond donors (Lipinski definition) is 0. The summed E-state index contributed by atoms with van der Waals surface area (Å²) in [5.41, 5.74) is 2.77. The fourth-order valence-corrected chi connectivity index (χ4v) is 2.91. The minimum atomic E-state index is -0.448. The van der Waals surface area contributed by atoms with E-state index >= 15 is 0 Å². The van der Waals surface area contributed by atoms with Crippen LogP contribution in [0.2, 0.25) is 0 Å². The number of hydrogen-bond acceptors (Lipinski definition) is 3. The molecule has 2 amide bonds. The zero-order valence-electron chi connectivity index (χ0n) is 13.4. The molecule has 4 heteroatoms. The lowest BCUT2D eigenvalue weighted by atomic mass is 10.1. The highest BCUT2D eigenvalue weighted by Crippen LogP contribution is 2.28. The predicted octanol–water partition coefficient (Wildman–Crippen LogP) is 3.02. The van der Waals surface area contributed by atoms with Gasteiger partial charge in [0.15, 0.2) is 0 Å². The monoisotopic (exact) mass is 308 g/mol. The Kier molecular flexibility index (Phi) is 4.15. The molecular formula is C19H20N2O2. The maximum absolute atomic E-state index is 12.7. The Morgan fingerprint density at radius 3 is 2.30 bits per heavy atom. The minimum Gasteiger partial charge on any atom is -0.362 e. The Balaban J connectivity index is 1.84. The van der Waals surface area contributed by atoms with Gasteiger partial charge in [-0.15, -0.1) is 0 Å². The van der Waals surface area contributed by atoms with E-state index in [2.05, 4.69) is 6.92 Å². The number of rotatable bonds is 4. The van der Waals surface area contributed by atoms with Crippen molar-refractivity contribution in [3.8, 4) is 0 Å². The van der Waals surface area contributed by atoms with Gasteiger partial charge in [0.25, 0.3) is 5.91 Å². The second kappa shape index (κ2) is 6.24. The normalized spacial score (nSPS) is 17.7. The van der Waals surface area contributed by atoms with E-state index in [1.807, 2.05) is 66.5 Å². The molecule has 0 aliphatic carbocycles. The largest absolute Gasteiger partial charge is 0.362 e. The average molecular weight is 308 g/mol. The molecule has 1 aliphatic heterocycles. The Morgan fingerprint density at radius 2 is 1.70 bits per heavy atom. The first kappa shape index (κ1) is 15.3. The molecule has 2 aromatic carbocycles. The molecule has 23 heavy (non-hydrogen) atoms. The van der Waals surface area contributed by atoms with Crippen molar-refractivity contribution in [1.29, 1.82) is 0 Å². The number of para-hydroxylation sites is 1. The van der Waals surface area contributed by atoms with Crippen molar-refractivity contribution < 1.29 is 9.59 Å². The maximum atomic E-state index is 12.7. The molecule has 0 N–H and O–H groups in total. The van der Waals surface area contributed by atoms with Crippen molar-refractivity contribution >= 4 is 23.2 Å². The number of imide groups is 1. The number of amides is 2. The van der Waals surface area contributed by atoms with Crippen molar-refractivity contribution in [1.82, 2.24) is 0 Å². The molecule has 0 radical (unpaired) electrons. The van der Waals surface area contributed by atoms with Crippen molar-refractivity contribution in [2.24, 2.45) is 0 Å². The van der Waals surface area contributed by atoms with Crippen LogP contribution in [-0.2, 0) is 16.0 Å². The topological polar surface area (TPSA) is 40.6 Å². The molecule has 0 aromatic heterocycles. The number of aryl methyl sites for hydroxylation is 1. The standard InChI is InChI=1S/C19H20N2O2/c1-3-14-9-11-16(12-10-14)21-18(22)13-17(19(21)23)20(2)15-7-5-4-6-8-15/h4-12,17H,3,13H2,1-2H3/t17-/m0/s1. The lowest BCUT2D eigenvalue weighted by Gasteiger charge is -2.25. The molecule has 1 aliphatic rings. The lowest BCUT2D eigenvalue weighted by molar-refractivity contribution is -0.121. The van der Waals surface area contributed by atoms with Crippen LogP contribution < -0.4 is 9.80 Å². The first-order valence-corrected chi connectivity index (χ1v) is 7.85. The SMILES string of the molecule is CCc1ccc(N2C(=O)C[C@H](N(C)c3ccccc3)C2=O)cc1. The quantitative estimate of drug-likeness (QED) is 0.815. The van der Waals surface area contributed by atoms with Gasteiger partial charge in [0.2, 0.25) is 5.91 Å². The van der Waals surface area contributed by atoms with Gasteiger partial charge in [-0.2, -0.15) is 0 Å². The second-order valence-electron chi connectivity index (χ2n) is 5.75. The number of benzene rings is 2. The van der Waals surface area contributed by atoms with Gasteiger partial charge in [-0.1, -0.05) is 37.3 Å². The molecule has 0 saturated carbocycles. The van der Waals surface area contributed by atoms with Gasteiger partial charge in [0.1, 0.15) is 6.04 Å². The van der Waals surface area contributed by atoms with Gasteiger partial charge in [-0.25, -0.2) is 4.90 Å². The summed E-state index contributed by atoms with van der Waals surface area (Å²) >= 11 is 0. The molecule has 1 saturated heterocycles. The molecule has 2 aromatic rings. The van der Waals surface area contributed by atoms with Gasteiger partial charge < -0.3 is 4.90 Å². The van der Waals surface area contributed by atoms with Crippen molar-refractivity contribution in [2.75, 3.05) is 16.8 Å². The molecule has 3 rings (SSSR count). The fraction of sp³-hybridized carbons (Fsp3) is 0.263. The van der Waals surface area contributed by atoms with Gasteiger partial charge in [0.05, 0.1) is 12.1 Å². The first-order chi connectivity index (χ1) is 11.1. The Bertz CT molecular complexity index is 710. The minimum absolute atomic E-state index is 0.146. The van der Waals surface area contributed by atoms with Gasteiger partial charge in [-0.3, -0.25) is 9.59 Å². The van der Waals surface area contributed by atoms with E-state index in [0.29, 0.717) is 5.69 Å². The van der Waals surface area contributed by atoms with E-state index < -0.39 is 6.04 Å². The van der Waals surface area contributed by atoms with E-state index in [4.69, 9.17) is 0 Å². The number of carbonyl (C=O) groups excluding carboxylic acids is 2. The van der Waals surface area contributed by atoms with Crippen LogP contribution in [0.5, 0.6) is 0 Å². The molecule has 0 spiro atoms. The number of likely N-dealkylation sites (N-methyl/N-ethyl adjacent to an activating group) is 1. The molecular weight excluding hydrogens is 288 g/mol. The third-order valence-corrected chi connectivity index (χ3v) is 4.36. The maximum Gasteiger partial charge on any atom is 0.256 e. The molecule has 1 atom stereocenters. The van der Waals surface area contributed by atoms with Crippen LogP contribution in [0.15, 0.2) is 54.6 Å². The highest BCUT2D eigenvalue weighted by atomic mass is 16.2. The van der Waals surface area contributed by atoms with Crippen molar-refractivity contribution in [3.63, 3.8) is 0 Å². The molecule has 1 fully saturated rings. The summed E-state index contributed by atoms with van der Waals surface area (Å²) in [7, 11) is 1.86. The van der Waals surface area contributed by atoms with Crippen LogP contribution in [0.3, 0.4) is 0 Å². The van der Waals surface area contributed by atoms with E-state index in [9.17, 15) is 9.59 Å². The Morgan fingerprint density at radius 1 is 1.04 bits per heavy atom. The van der Waals surface area contributed by atoms with Crippen LogP contribution in [0.25, 0.3) is 0 Å². The van der Waals surface area contributed by atoms with Gasteiger partial charge >= 0.3 is 0 Å². The predicted molar refractivity (Wildman–Crippen MR) is 91.6 cm³/mol. The van der Waals surface area contributed by atoms with Crippen LogP contribution in [0, 0.1) is 0 Å². The summed E-state index contributed by atoms with van der Waals surface area (Å²) < 4.78 is 0. The summed E-state index contributed by atoms with van der Waals surface area (Å²) in [6.07, 6.45) is 1.14. The summed E-state index contributed by atoms with van der Waals surface area (Å²) in [6.45, 7) is 2.08. The molecule has 4 nitrogen and oxygen atoms in total. The Labute approximate surface area is 136 Å². The smallest absolute Gasteiger partial charge is 0.256 e. The van der Waals surface area contributed by atoms with Gasteiger partial charge in [0, 0.05) is 12.7 Å².